The topological polar surface area (TPSA) is 66.5 Å². The lowest BCUT2D eigenvalue weighted by Gasteiger charge is -2.36. The number of piperidine rings is 1. The summed E-state index contributed by atoms with van der Waals surface area (Å²) in [6, 6.07) is 0. The van der Waals surface area contributed by atoms with E-state index >= 15 is 0 Å². The standard InChI is InChI=1S/C9H16N2O3S/c1-15(13,14)11-4-2-9(3-5-11)6-8(12)10-7-9/h2-7H2,1H3,(H,10,12). The van der Waals surface area contributed by atoms with E-state index in [-0.39, 0.29) is 11.3 Å². The first kappa shape index (κ1) is 10.9. The molecule has 6 heteroatoms. The van der Waals surface area contributed by atoms with E-state index in [2.05, 4.69) is 5.32 Å². The summed E-state index contributed by atoms with van der Waals surface area (Å²) in [5, 5.41) is 2.83. The predicted octanol–water partition coefficient (Wildman–Crippen LogP) is -0.452. The van der Waals surface area contributed by atoms with Crippen LogP contribution in [-0.2, 0) is 14.8 Å². The fourth-order valence-corrected chi connectivity index (χ4v) is 3.24. The lowest BCUT2D eigenvalue weighted by atomic mass is 9.78. The van der Waals surface area contributed by atoms with Crippen LogP contribution in [0.2, 0.25) is 0 Å². The van der Waals surface area contributed by atoms with Crippen molar-refractivity contribution >= 4 is 15.9 Å². The van der Waals surface area contributed by atoms with Gasteiger partial charge in [-0.2, -0.15) is 0 Å². The molecule has 86 valence electrons. The molecule has 2 aliphatic rings. The van der Waals surface area contributed by atoms with Gasteiger partial charge in [-0.05, 0) is 18.3 Å². The maximum absolute atomic E-state index is 11.3. The molecule has 2 aliphatic heterocycles. The second-order valence-corrected chi connectivity index (χ2v) is 6.60. The van der Waals surface area contributed by atoms with E-state index in [1.807, 2.05) is 0 Å². The van der Waals surface area contributed by atoms with Crippen LogP contribution in [0.1, 0.15) is 19.3 Å². The fraction of sp³-hybridized carbons (Fsp3) is 0.889. The van der Waals surface area contributed by atoms with Crippen molar-refractivity contribution in [1.82, 2.24) is 9.62 Å². The number of nitrogens with one attached hydrogen (secondary N) is 1. The third-order valence-electron chi connectivity index (χ3n) is 3.45. The Morgan fingerprint density at radius 1 is 1.33 bits per heavy atom. The normalized spacial score (nSPS) is 26.9. The summed E-state index contributed by atoms with van der Waals surface area (Å²) in [5.74, 6) is 0.0998. The van der Waals surface area contributed by atoms with Gasteiger partial charge in [0.1, 0.15) is 0 Å². The Balaban J connectivity index is 2.01. The molecule has 0 radical (unpaired) electrons. The van der Waals surface area contributed by atoms with Crippen LogP contribution < -0.4 is 5.32 Å². The molecule has 1 amide bonds. The molecule has 0 aromatic rings. The van der Waals surface area contributed by atoms with Crippen molar-refractivity contribution in [3.63, 3.8) is 0 Å². The first-order valence-electron chi connectivity index (χ1n) is 5.13. The first-order chi connectivity index (χ1) is 6.91. The Hall–Kier alpha value is -0.620. The molecule has 2 rings (SSSR count). The van der Waals surface area contributed by atoms with Crippen LogP contribution in [0.4, 0.5) is 0 Å². The van der Waals surface area contributed by atoms with E-state index in [4.69, 9.17) is 0 Å². The number of sulfonamides is 1. The van der Waals surface area contributed by atoms with E-state index in [9.17, 15) is 13.2 Å². The molecule has 0 unspecified atom stereocenters. The minimum atomic E-state index is -3.06. The first-order valence-corrected chi connectivity index (χ1v) is 6.98. The second kappa shape index (κ2) is 3.45. The molecule has 0 aliphatic carbocycles. The molecule has 0 aromatic carbocycles. The number of hydrogen-bond acceptors (Lipinski definition) is 3. The molecule has 0 aromatic heterocycles. The molecule has 2 heterocycles. The Morgan fingerprint density at radius 3 is 2.33 bits per heavy atom. The average Bonchev–Trinajstić information content (AvgIpc) is 2.47. The lowest BCUT2D eigenvalue weighted by molar-refractivity contribution is -0.119. The SMILES string of the molecule is CS(=O)(=O)N1CCC2(CC1)CNC(=O)C2. The Bertz CT molecular complexity index is 369. The van der Waals surface area contributed by atoms with Crippen molar-refractivity contribution < 1.29 is 13.2 Å². The van der Waals surface area contributed by atoms with Crippen molar-refractivity contribution in [1.29, 1.82) is 0 Å². The second-order valence-electron chi connectivity index (χ2n) is 4.62. The Kier molecular flexibility index (Phi) is 2.50. The summed E-state index contributed by atoms with van der Waals surface area (Å²) in [6.45, 7) is 1.81. The van der Waals surface area contributed by atoms with Crippen LogP contribution in [0.15, 0.2) is 0 Å². The average molecular weight is 232 g/mol. The van der Waals surface area contributed by atoms with Crippen LogP contribution in [0.25, 0.3) is 0 Å². The van der Waals surface area contributed by atoms with Gasteiger partial charge in [-0.25, -0.2) is 12.7 Å². The molecule has 2 fully saturated rings. The zero-order chi connectivity index (χ0) is 11.1. The predicted molar refractivity (Wildman–Crippen MR) is 55.7 cm³/mol. The highest BCUT2D eigenvalue weighted by Gasteiger charge is 2.42. The highest BCUT2D eigenvalue weighted by Crippen LogP contribution is 2.37. The quantitative estimate of drug-likeness (QED) is 0.666. The number of nitrogens with zero attached hydrogens (tertiary/aromatic N) is 1. The summed E-state index contributed by atoms with van der Waals surface area (Å²) in [6.07, 6.45) is 3.38. The highest BCUT2D eigenvalue weighted by molar-refractivity contribution is 7.88. The van der Waals surface area contributed by atoms with Crippen LogP contribution in [0.5, 0.6) is 0 Å². The Labute approximate surface area is 89.9 Å². The van der Waals surface area contributed by atoms with Gasteiger partial charge in [0.2, 0.25) is 15.9 Å². The van der Waals surface area contributed by atoms with Gasteiger partial charge in [0.25, 0.3) is 0 Å². The van der Waals surface area contributed by atoms with Crippen LogP contribution >= 0.6 is 0 Å². The minimum absolute atomic E-state index is 0.0261. The maximum atomic E-state index is 11.3. The van der Waals surface area contributed by atoms with Crippen molar-refractivity contribution in [3.05, 3.63) is 0 Å². The number of amides is 1. The zero-order valence-electron chi connectivity index (χ0n) is 8.82. The van der Waals surface area contributed by atoms with Gasteiger partial charge in [0.05, 0.1) is 6.26 Å². The van der Waals surface area contributed by atoms with Gasteiger partial charge in [0, 0.05) is 26.1 Å². The zero-order valence-corrected chi connectivity index (χ0v) is 9.64. The van der Waals surface area contributed by atoms with Gasteiger partial charge in [-0.3, -0.25) is 4.79 Å². The van der Waals surface area contributed by atoms with Gasteiger partial charge < -0.3 is 5.32 Å². The highest BCUT2D eigenvalue weighted by atomic mass is 32.2. The molecular formula is C9H16N2O3S. The molecule has 1 spiro atoms. The number of rotatable bonds is 1. The number of carbonyl (C=O) groups excluding carboxylic acids is 1. The van der Waals surface area contributed by atoms with Gasteiger partial charge in [-0.15, -0.1) is 0 Å². The van der Waals surface area contributed by atoms with E-state index in [0.717, 1.165) is 12.8 Å². The van der Waals surface area contributed by atoms with E-state index in [1.165, 1.54) is 10.6 Å². The smallest absolute Gasteiger partial charge is 0.220 e. The van der Waals surface area contributed by atoms with Gasteiger partial charge >= 0.3 is 0 Å². The minimum Gasteiger partial charge on any atom is -0.356 e. The monoisotopic (exact) mass is 232 g/mol. The third kappa shape index (κ3) is 2.15. The van der Waals surface area contributed by atoms with Crippen molar-refractivity contribution in [2.45, 2.75) is 19.3 Å². The molecule has 5 nitrogen and oxygen atoms in total. The summed E-state index contributed by atoms with van der Waals surface area (Å²) < 4.78 is 24.1. The molecule has 15 heavy (non-hydrogen) atoms. The molecule has 1 N–H and O–H groups in total. The van der Waals surface area contributed by atoms with Crippen molar-refractivity contribution in [3.8, 4) is 0 Å². The van der Waals surface area contributed by atoms with Crippen LogP contribution in [-0.4, -0.2) is 44.5 Å². The summed E-state index contributed by atoms with van der Waals surface area (Å²) in [7, 11) is -3.06. The maximum Gasteiger partial charge on any atom is 0.220 e. The molecule has 0 saturated carbocycles. The van der Waals surface area contributed by atoms with E-state index in [0.29, 0.717) is 26.1 Å². The van der Waals surface area contributed by atoms with Crippen molar-refractivity contribution in [2.75, 3.05) is 25.9 Å². The Morgan fingerprint density at radius 2 is 1.93 bits per heavy atom. The summed E-state index contributed by atoms with van der Waals surface area (Å²) in [4.78, 5) is 11.2. The largest absolute Gasteiger partial charge is 0.356 e. The number of hydrogen-bond donors (Lipinski definition) is 1. The molecule has 0 bridgehead atoms. The molecule has 0 atom stereocenters. The van der Waals surface area contributed by atoms with E-state index < -0.39 is 10.0 Å². The van der Waals surface area contributed by atoms with Gasteiger partial charge in [0.15, 0.2) is 0 Å². The number of carbonyl (C=O) groups is 1. The van der Waals surface area contributed by atoms with Gasteiger partial charge in [-0.1, -0.05) is 0 Å². The summed E-state index contributed by atoms with van der Waals surface area (Å²) >= 11 is 0. The fourth-order valence-electron chi connectivity index (χ4n) is 2.40. The van der Waals surface area contributed by atoms with Crippen molar-refractivity contribution in [2.24, 2.45) is 5.41 Å². The third-order valence-corrected chi connectivity index (χ3v) is 4.75. The van der Waals surface area contributed by atoms with E-state index in [1.54, 1.807) is 0 Å². The summed E-state index contributed by atoms with van der Waals surface area (Å²) in [5.41, 5.74) is 0.0261. The van der Waals surface area contributed by atoms with Crippen LogP contribution in [0, 0.1) is 5.41 Å². The molecule has 2 saturated heterocycles. The van der Waals surface area contributed by atoms with Crippen LogP contribution in [0.3, 0.4) is 0 Å². The lowest BCUT2D eigenvalue weighted by Crippen LogP contribution is -2.43. The molecular weight excluding hydrogens is 216 g/mol.